The lowest BCUT2D eigenvalue weighted by Gasteiger charge is -2.52. The molecule has 5 heterocycles. The number of ether oxygens (including phenoxy) is 21. The Balaban J connectivity index is 1.49. The van der Waals surface area contributed by atoms with Crippen LogP contribution >= 0.6 is 7.82 Å². The van der Waals surface area contributed by atoms with Crippen molar-refractivity contribution < 1.29 is 205 Å². The summed E-state index contributed by atoms with van der Waals surface area (Å²) in [6.07, 6.45) is -37.5. The Morgan fingerprint density at radius 1 is 0.562 bits per heavy atom. The lowest BCUT2D eigenvalue weighted by molar-refractivity contribution is -0.375. The Labute approximate surface area is 790 Å². The van der Waals surface area contributed by atoms with Crippen LogP contribution in [0.15, 0.2) is 70.7 Å². The van der Waals surface area contributed by atoms with Gasteiger partial charge in [0, 0.05) is 89.0 Å². The van der Waals surface area contributed by atoms with Crippen molar-refractivity contribution in [1.29, 1.82) is 0 Å². The highest BCUT2D eigenvalue weighted by Gasteiger charge is 2.65. The van der Waals surface area contributed by atoms with Crippen LogP contribution in [0.5, 0.6) is 0 Å². The van der Waals surface area contributed by atoms with Crippen molar-refractivity contribution >= 4 is 103 Å². The van der Waals surface area contributed by atoms with Gasteiger partial charge in [0.2, 0.25) is 17.7 Å². The molecule has 0 aromatic rings. The molecule has 48 nitrogen and oxygen atoms in total. The SMILES string of the molecule is C=C(C/C=C(\C)CCC=C(C)C)CCC(C)(C)/C=C/CC/C(C)=C\CO[C@H](COP(=O)(O)O[C@H]1O[C@H](C(N)=O)[C@@](C)(O)[C@H](OC(N)=O)[C@H]1O[C@@H]1O[C@H](CO[C@@H]2O[C@H](COC(C)=O)[C@@H](OC(C)=O)[C@H](OC(C)=O)[C@H]2OC(C)=O)[C@@H](O[C@@H]2O[C@H](C)[C@@H](O[C@@H]3O[C@H](C(=O)NC4=C(O)CCC4=O)[C@H](OC(C)=O)[C@H](OC(C)=O)[C@H]3OC(C)=O)[C@H](OC(C)=O)[C@H]2NC(C)=O)[C@H](OC(C)=O)[C@H]1NC(C)=O)C(=O)OC. The van der Waals surface area contributed by atoms with Crippen molar-refractivity contribution in [2.45, 2.75) is 348 Å². The number of amides is 5. The summed E-state index contributed by atoms with van der Waals surface area (Å²) in [6, 6.07) is -4.33. The van der Waals surface area contributed by atoms with E-state index >= 15 is 0 Å². The second-order valence-corrected chi connectivity index (χ2v) is 35.7. The Hall–Kier alpha value is -10.6. The van der Waals surface area contributed by atoms with E-state index in [2.05, 4.69) is 75.4 Å². The number of ketones is 1. The summed E-state index contributed by atoms with van der Waals surface area (Å²) in [5.74, 6) is -18.0. The molecule has 5 amide bonds. The molecule has 5 saturated heterocycles. The first-order valence-electron chi connectivity index (χ1n) is 43.7. The van der Waals surface area contributed by atoms with Crippen LogP contribution in [0.25, 0.3) is 0 Å². The van der Waals surface area contributed by atoms with Gasteiger partial charge in [-0.05, 0) is 91.9 Å². The van der Waals surface area contributed by atoms with Crippen molar-refractivity contribution in [2.75, 3.05) is 33.5 Å². The van der Waals surface area contributed by atoms with Gasteiger partial charge in [-0.15, -0.1) is 0 Å². The summed E-state index contributed by atoms with van der Waals surface area (Å²) < 4.78 is 150. The molecule has 10 N–H and O–H groups in total. The van der Waals surface area contributed by atoms with E-state index in [0.717, 1.165) is 133 Å². The topological polar surface area (TPSA) is 651 Å². The Kier molecular flexibility index (Phi) is 44.1. The number of phosphoric ester groups is 1. The fourth-order valence-corrected chi connectivity index (χ4v) is 16.2. The molecular formula is C88H128N5O43P. The summed E-state index contributed by atoms with van der Waals surface area (Å²) in [4.78, 5) is 226. The van der Waals surface area contributed by atoms with Crippen molar-refractivity contribution in [3.05, 3.63) is 70.7 Å². The quantitative estimate of drug-likeness (QED) is 0.0188. The predicted octanol–water partition coefficient (Wildman–Crippen LogP) is 3.20. The first-order valence-corrected chi connectivity index (χ1v) is 45.2. The maximum absolute atomic E-state index is 14.7. The van der Waals surface area contributed by atoms with Crippen LogP contribution in [0.4, 0.5) is 4.79 Å². The van der Waals surface area contributed by atoms with E-state index in [1.54, 1.807) is 13.0 Å². The molecule has 27 atom stereocenters. The molecule has 1 unspecified atom stereocenters. The van der Waals surface area contributed by atoms with Crippen LogP contribution in [0.1, 0.15) is 189 Å². The van der Waals surface area contributed by atoms with E-state index in [4.69, 9.17) is 120 Å². The third kappa shape index (κ3) is 35.4. The molecule has 0 saturated carbocycles. The molecule has 0 bridgehead atoms. The van der Waals surface area contributed by atoms with E-state index in [0.29, 0.717) is 12.8 Å². The highest BCUT2D eigenvalue weighted by molar-refractivity contribution is 7.47. The maximum atomic E-state index is 14.7. The summed E-state index contributed by atoms with van der Waals surface area (Å²) in [7, 11) is -5.02. The average molecular weight is 1970 g/mol. The predicted molar refractivity (Wildman–Crippen MR) is 462 cm³/mol. The number of carbonyl (C=O) groups is 16. The molecule has 5 aliphatic heterocycles. The van der Waals surface area contributed by atoms with Gasteiger partial charge in [0.25, 0.3) is 5.91 Å². The highest BCUT2D eigenvalue weighted by atomic mass is 31.2. The lowest BCUT2D eigenvalue weighted by Crippen LogP contribution is -2.73. The zero-order valence-corrected chi connectivity index (χ0v) is 80.9. The molecule has 137 heavy (non-hydrogen) atoms. The first kappa shape index (κ1) is 115. The first-order chi connectivity index (χ1) is 63.9. The molecule has 0 spiro atoms. The molecule has 6 aliphatic rings. The van der Waals surface area contributed by atoms with Crippen LogP contribution in [0.3, 0.4) is 0 Å². The van der Waals surface area contributed by atoms with Gasteiger partial charge in [0.15, 0.2) is 117 Å². The average Bonchev–Trinajstić information content (AvgIpc) is 1.30. The molecule has 5 fully saturated rings. The van der Waals surface area contributed by atoms with E-state index in [1.807, 2.05) is 6.08 Å². The molecule has 0 aromatic carbocycles. The number of aliphatic hydroxyl groups excluding tert-OH is 1. The van der Waals surface area contributed by atoms with Crippen molar-refractivity contribution in [3.63, 3.8) is 0 Å². The number of allylic oxidation sites excluding steroid dienone is 10. The Morgan fingerprint density at radius 3 is 1.58 bits per heavy atom. The molecular weight excluding hydrogens is 1850 g/mol. The monoisotopic (exact) mass is 1970 g/mol. The van der Waals surface area contributed by atoms with Crippen LogP contribution in [-0.4, -0.2) is 303 Å². The minimum atomic E-state index is -5.98. The summed E-state index contributed by atoms with van der Waals surface area (Å²) in [5.41, 5.74) is 12.1. The number of carbonyl (C=O) groups excluding carboxylic acids is 16. The number of nitrogens with two attached hydrogens (primary N) is 2. The molecule has 0 radical (unpaired) electrons. The maximum Gasteiger partial charge on any atom is 0.474 e. The van der Waals surface area contributed by atoms with Gasteiger partial charge < -0.3 is 142 Å². The van der Waals surface area contributed by atoms with E-state index in [-0.39, 0.29) is 24.9 Å². The zero-order valence-electron chi connectivity index (χ0n) is 80.0. The summed E-state index contributed by atoms with van der Waals surface area (Å²) >= 11 is 0. The van der Waals surface area contributed by atoms with Crippen LogP contribution in [-0.2, 0) is 185 Å². The molecule has 1 aliphatic carbocycles. The second kappa shape index (κ2) is 52.4. The fraction of sp³-hybridized carbons (Fsp3) is 0.682. The number of primary amides is 2. The number of esters is 10. The van der Waals surface area contributed by atoms with Gasteiger partial charge in [-0.25, -0.2) is 14.2 Å². The number of nitrogens with one attached hydrogen (secondary N) is 3. The smallest absolute Gasteiger partial charge is 0.474 e. The molecule has 768 valence electrons. The van der Waals surface area contributed by atoms with E-state index in [1.165, 1.54) is 18.1 Å². The van der Waals surface area contributed by atoms with Crippen LogP contribution in [0.2, 0.25) is 0 Å². The number of methoxy groups -OCH3 is 1. The van der Waals surface area contributed by atoms with Gasteiger partial charge in [0.05, 0.1) is 33.0 Å². The minimum Gasteiger partial charge on any atom is -0.510 e. The number of Topliss-reactive ketones (excluding diaryl/α,β-unsaturated/α-hetero) is 1. The van der Waals surface area contributed by atoms with Crippen molar-refractivity contribution in [1.82, 2.24) is 16.0 Å². The van der Waals surface area contributed by atoms with Gasteiger partial charge >= 0.3 is 73.6 Å². The van der Waals surface area contributed by atoms with Crippen molar-refractivity contribution in [3.8, 4) is 0 Å². The Bertz CT molecular complexity index is 4560. The number of hydrogen-bond acceptors (Lipinski definition) is 42. The zero-order chi connectivity index (χ0) is 103. The summed E-state index contributed by atoms with van der Waals surface area (Å²) in [6.45, 7) is 24.6. The van der Waals surface area contributed by atoms with Crippen molar-refractivity contribution in [2.24, 2.45) is 16.9 Å². The van der Waals surface area contributed by atoms with E-state index < -0.39 is 293 Å². The highest BCUT2D eigenvalue weighted by Crippen LogP contribution is 2.50. The largest absolute Gasteiger partial charge is 0.510 e. The van der Waals surface area contributed by atoms with Crippen LogP contribution in [0, 0.1) is 5.41 Å². The molecule has 6 rings (SSSR count). The molecule has 0 aromatic heterocycles. The third-order valence-corrected chi connectivity index (χ3v) is 22.5. The van der Waals surface area contributed by atoms with Gasteiger partial charge in [-0.2, -0.15) is 0 Å². The number of hydrogen-bond donors (Lipinski definition) is 8. The second-order valence-electron chi connectivity index (χ2n) is 34.3. The fourth-order valence-electron chi connectivity index (χ4n) is 15.4. The number of phosphoric acid groups is 1. The van der Waals surface area contributed by atoms with Gasteiger partial charge in [0.1, 0.15) is 60.2 Å². The third-order valence-electron chi connectivity index (χ3n) is 21.6. The van der Waals surface area contributed by atoms with Gasteiger partial charge in [-0.3, -0.25) is 76.2 Å². The van der Waals surface area contributed by atoms with Gasteiger partial charge in [-0.1, -0.05) is 73.1 Å². The van der Waals surface area contributed by atoms with Crippen LogP contribution < -0.4 is 27.4 Å². The number of aliphatic hydroxyl groups is 2. The Morgan fingerprint density at radius 2 is 1.05 bits per heavy atom. The normalized spacial score (nSPS) is 30.2. The standard InChI is InChI=1S/C88H128N5O43P/c1-40(2)25-24-27-41(3)28-29-43(5)32-35-87(18,19)34-23-22-26-42(4)33-36-115-60(80(109)114-21)39-118-137(112,113)136-85-75(76(135-86(90)110)88(20,111)77(134-85)78(89)107)133-82-63(92-46(8)95)68(122-50(12)99)65(59(128-82)38-117-83-73(126-54(16)103)69(123-51(13)100)66(120-48(10)97)58(129-83)37-116-47(9)96)131-81-62(91-45(7)94)67(121-49(11)98)64(44(6)119-81)130-84-74(127-55(17)104)71(125-53(15)102)70(124-52(14)101)72(132-84)79(108)93-61-56(105)30-31-57(61)106/h23,25,28,33-34,44,58-60,62-77,81-85,105,111H,5,22,24,26-27,29-32,35-39H2,1-4,6-21H3,(H2,89,107)(H2,90,110)(H,91,94)(H,92,95)(H,93,108)(H,112,113)/b34-23+,41-28+,42-33-/t44-,58-,59-,60-,62-,63-,64-,65-,66-,67-,68-,69+,70-,71+,72+,73-,74-,75-,76-,77-,81+,82+,83-,84-,85-,88+/m1/s1. The van der Waals surface area contributed by atoms with E-state index in [9.17, 15) is 96.4 Å². The minimum absolute atomic E-state index is 0.178. The molecule has 49 heteroatoms. The lowest BCUT2D eigenvalue weighted by atomic mass is 9.85. The summed E-state index contributed by atoms with van der Waals surface area (Å²) in [5, 5.41) is 30.3. The number of rotatable bonds is 46.